The Balaban J connectivity index is 1.52. The lowest BCUT2D eigenvalue weighted by Gasteiger charge is -2.05. The van der Waals surface area contributed by atoms with Gasteiger partial charge in [-0.1, -0.05) is 6.07 Å². The van der Waals surface area contributed by atoms with Gasteiger partial charge in [-0.2, -0.15) is 0 Å². The number of furan rings is 1. The first kappa shape index (κ1) is 17.4. The minimum absolute atomic E-state index is 0.00365. The molecule has 2 heterocycles. The van der Waals surface area contributed by atoms with Gasteiger partial charge in [-0.3, -0.25) is 14.6 Å². The number of carbonyl (C=O) groups excluding carboxylic acids is 2. The van der Waals surface area contributed by atoms with E-state index in [9.17, 15) is 9.59 Å². The molecule has 6 heteroatoms. The van der Waals surface area contributed by atoms with Crippen LogP contribution in [0.5, 0.6) is 5.75 Å². The summed E-state index contributed by atoms with van der Waals surface area (Å²) in [6.07, 6.45) is 1.67. The van der Waals surface area contributed by atoms with Gasteiger partial charge in [0.15, 0.2) is 11.5 Å². The topological polar surface area (TPSA) is 81.4 Å². The van der Waals surface area contributed by atoms with E-state index in [1.54, 1.807) is 42.6 Å². The van der Waals surface area contributed by atoms with Crippen LogP contribution in [0, 0.1) is 0 Å². The van der Waals surface area contributed by atoms with Crippen molar-refractivity contribution in [3.63, 3.8) is 0 Å². The molecule has 0 saturated carbocycles. The molecular weight excluding hydrogens is 332 g/mol. The number of ketones is 1. The van der Waals surface area contributed by atoms with Gasteiger partial charge >= 0.3 is 0 Å². The Hall–Kier alpha value is -3.41. The minimum Gasteiger partial charge on any atom is -0.486 e. The molecule has 0 saturated heterocycles. The van der Waals surface area contributed by atoms with Crippen molar-refractivity contribution in [2.24, 2.45) is 0 Å². The van der Waals surface area contributed by atoms with Crippen LogP contribution in [0.15, 0.2) is 65.2 Å². The second-order valence-electron chi connectivity index (χ2n) is 5.64. The van der Waals surface area contributed by atoms with Gasteiger partial charge in [0, 0.05) is 11.8 Å². The number of pyridine rings is 1. The van der Waals surface area contributed by atoms with Crippen LogP contribution in [0.1, 0.15) is 39.3 Å². The first-order valence-corrected chi connectivity index (χ1v) is 8.12. The Morgan fingerprint density at radius 2 is 1.88 bits per heavy atom. The third-order valence-corrected chi connectivity index (χ3v) is 3.68. The minimum atomic E-state index is -0.312. The number of amides is 1. The summed E-state index contributed by atoms with van der Waals surface area (Å²) in [5, 5.41) is 2.75. The maximum Gasteiger partial charge on any atom is 0.287 e. The Morgan fingerprint density at radius 1 is 1.08 bits per heavy atom. The van der Waals surface area contributed by atoms with Crippen LogP contribution >= 0.6 is 0 Å². The first-order chi connectivity index (χ1) is 12.6. The molecule has 26 heavy (non-hydrogen) atoms. The van der Waals surface area contributed by atoms with Crippen molar-refractivity contribution < 1.29 is 18.7 Å². The molecule has 0 atom stereocenters. The predicted octanol–water partition coefficient (Wildman–Crippen LogP) is 3.39. The molecule has 3 aromatic rings. The van der Waals surface area contributed by atoms with Crippen LogP contribution in [0.25, 0.3) is 0 Å². The van der Waals surface area contributed by atoms with Crippen LogP contribution in [-0.4, -0.2) is 16.7 Å². The number of Topliss-reactive ketones (excluding diaryl/α,β-unsaturated/α-hetero) is 1. The number of carbonyl (C=O) groups is 2. The zero-order valence-electron chi connectivity index (χ0n) is 14.3. The maximum absolute atomic E-state index is 12.1. The van der Waals surface area contributed by atoms with Crippen molar-refractivity contribution in [3.8, 4) is 5.75 Å². The number of aromatic nitrogens is 1. The molecular formula is C20H18N2O4. The monoisotopic (exact) mass is 350 g/mol. The van der Waals surface area contributed by atoms with E-state index >= 15 is 0 Å². The summed E-state index contributed by atoms with van der Waals surface area (Å²) in [5.41, 5.74) is 1.40. The Kier molecular flexibility index (Phi) is 5.43. The molecule has 1 amide bonds. The molecule has 1 N–H and O–H groups in total. The number of hydrogen-bond donors (Lipinski definition) is 1. The van der Waals surface area contributed by atoms with E-state index < -0.39 is 0 Å². The van der Waals surface area contributed by atoms with E-state index in [0.29, 0.717) is 23.6 Å². The van der Waals surface area contributed by atoms with E-state index in [2.05, 4.69) is 10.3 Å². The predicted molar refractivity (Wildman–Crippen MR) is 94.9 cm³/mol. The molecule has 0 aliphatic carbocycles. The van der Waals surface area contributed by atoms with Crippen molar-refractivity contribution in [1.29, 1.82) is 0 Å². The second kappa shape index (κ2) is 8.11. The lowest BCUT2D eigenvalue weighted by atomic mass is 10.1. The van der Waals surface area contributed by atoms with Gasteiger partial charge in [0.25, 0.3) is 5.91 Å². The molecule has 0 unspecified atom stereocenters. The number of hydrogen-bond acceptors (Lipinski definition) is 5. The van der Waals surface area contributed by atoms with Gasteiger partial charge < -0.3 is 14.5 Å². The number of rotatable bonds is 7. The van der Waals surface area contributed by atoms with E-state index in [1.807, 2.05) is 18.2 Å². The van der Waals surface area contributed by atoms with Gasteiger partial charge in [-0.15, -0.1) is 0 Å². The summed E-state index contributed by atoms with van der Waals surface area (Å²) in [7, 11) is 0. The van der Waals surface area contributed by atoms with Crippen molar-refractivity contribution in [2.45, 2.75) is 20.1 Å². The van der Waals surface area contributed by atoms with Gasteiger partial charge in [0.05, 0.1) is 12.2 Å². The zero-order chi connectivity index (χ0) is 18.4. The highest BCUT2D eigenvalue weighted by atomic mass is 16.5. The molecule has 0 aliphatic heterocycles. The number of benzene rings is 1. The van der Waals surface area contributed by atoms with Crippen LogP contribution in [0.4, 0.5) is 0 Å². The van der Waals surface area contributed by atoms with Gasteiger partial charge in [-0.25, -0.2) is 0 Å². The van der Waals surface area contributed by atoms with E-state index in [4.69, 9.17) is 9.15 Å². The summed E-state index contributed by atoms with van der Waals surface area (Å²) in [5.74, 6) is 1.05. The normalized spacial score (nSPS) is 10.3. The highest BCUT2D eigenvalue weighted by Crippen LogP contribution is 2.16. The summed E-state index contributed by atoms with van der Waals surface area (Å²) in [4.78, 5) is 27.5. The van der Waals surface area contributed by atoms with Gasteiger partial charge in [0.2, 0.25) is 0 Å². The van der Waals surface area contributed by atoms with Crippen molar-refractivity contribution in [2.75, 3.05) is 0 Å². The van der Waals surface area contributed by atoms with E-state index in [0.717, 1.165) is 5.69 Å². The standard InChI is InChI=1S/C20H18N2O4/c1-14(23)15-5-7-17(8-6-15)25-13-18-9-10-19(26-18)20(24)22-12-16-4-2-3-11-21-16/h2-11H,12-13H2,1H3,(H,22,24). The van der Waals surface area contributed by atoms with E-state index in [-0.39, 0.29) is 24.1 Å². The van der Waals surface area contributed by atoms with E-state index in [1.165, 1.54) is 6.92 Å². The Morgan fingerprint density at radius 3 is 2.58 bits per heavy atom. The molecule has 1 aromatic carbocycles. The SMILES string of the molecule is CC(=O)c1ccc(OCc2ccc(C(=O)NCc3ccccn3)o2)cc1. The molecule has 3 rings (SSSR count). The molecule has 0 radical (unpaired) electrons. The highest BCUT2D eigenvalue weighted by molar-refractivity contribution is 5.94. The molecule has 6 nitrogen and oxygen atoms in total. The average molecular weight is 350 g/mol. The lowest BCUT2D eigenvalue weighted by Crippen LogP contribution is -2.22. The van der Waals surface area contributed by atoms with Crippen molar-refractivity contribution in [1.82, 2.24) is 10.3 Å². The van der Waals surface area contributed by atoms with Crippen molar-refractivity contribution >= 4 is 11.7 Å². The van der Waals surface area contributed by atoms with Gasteiger partial charge in [-0.05, 0) is 55.5 Å². The Bertz CT molecular complexity index is 886. The highest BCUT2D eigenvalue weighted by Gasteiger charge is 2.11. The summed E-state index contributed by atoms with van der Waals surface area (Å²) in [6.45, 7) is 2.03. The fraction of sp³-hybridized carbons (Fsp3) is 0.150. The number of nitrogens with zero attached hydrogens (tertiary/aromatic N) is 1. The number of ether oxygens (including phenoxy) is 1. The van der Waals surface area contributed by atoms with Crippen LogP contribution < -0.4 is 10.1 Å². The molecule has 132 valence electrons. The largest absolute Gasteiger partial charge is 0.486 e. The summed E-state index contributed by atoms with van der Waals surface area (Å²) >= 11 is 0. The summed E-state index contributed by atoms with van der Waals surface area (Å²) < 4.78 is 11.1. The van der Waals surface area contributed by atoms with Crippen molar-refractivity contribution in [3.05, 3.63) is 83.6 Å². The molecule has 0 fully saturated rings. The van der Waals surface area contributed by atoms with Crippen LogP contribution in [-0.2, 0) is 13.2 Å². The quantitative estimate of drug-likeness (QED) is 0.661. The molecule has 0 bridgehead atoms. The fourth-order valence-corrected chi connectivity index (χ4v) is 2.28. The third kappa shape index (κ3) is 4.57. The Labute approximate surface area is 150 Å². The first-order valence-electron chi connectivity index (χ1n) is 8.12. The van der Waals surface area contributed by atoms with Gasteiger partial charge in [0.1, 0.15) is 18.1 Å². The summed E-state index contributed by atoms with van der Waals surface area (Å²) in [6, 6.07) is 15.7. The van der Waals surface area contributed by atoms with Crippen LogP contribution in [0.3, 0.4) is 0 Å². The number of nitrogens with one attached hydrogen (secondary N) is 1. The molecule has 0 spiro atoms. The third-order valence-electron chi connectivity index (χ3n) is 3.68. The molecule has 0 aliphatic rings. The molecule has 2 aromatic heterocycles. The zero-order valence-corrected chi connectivity index (χ0v) is 14.3. The average Bonchev–Trinajstić information content (AvgIpc) is 3.15. The fourth-order valence-electron chi connectivity index (χ4n) is 2.28. The second-order valence-corrected chi connectivity index (χ2v) is 5.64. The maximum atomic E-state index is 12.1. The smallest absolute Gasteiger partial charge is 0.287 e. The lowest BCUT2D eigenvalue weighted by molar-refractivity contribution is 0.0918. The van der Waals surface area contributed by atoms with Crippen LogP contribution in [0.2, 0.25) is 0 Å².